The van der Waals surface area contributed by atoms with E-state index < -0.39 is 0 Å². The number of benzene rings is 1. The summed E-state index contributed by atoms with van der Waals surface area (Å²) in [4.78, 5) is 2.49. The Balaban J connectivity index is 1.77. The van der Waals surface area contributed by atoms with Crippen LogP contribution in [0.25, 0.3) is 5.69 Å². The number of hydrogen-bond donors (Lipinski definition) is 1. The van der Waals surface area contributed by atoms with Crippen molar-refractivity contribution in [1.29, 1.82) is 0 Å². The number of aromatic nitrogens is 2. The Morgan fingerprint density at radius 2 is 2.14 bits per heavy atom. The zero-order chi connectivity index (χ0) is 14.8. The molecule has 2 N–H and O–H groups in total. The predicted octanol–water partition coefficient (Wildman–Crippen LogP) is 2.35. The molecule has 2 unspecified atom stereocenters. The third-order valence-corrected chi connectivity index (χ3v) is 4.50. The Morgan fingerprint density at radius 1 is 1.33 bits per heavy atom. The van der Waals surface area contributed by atoms with Crippen LogP contribution in [0.3, 0.4) is 0 Å². The molecule has 112 valence electrons. The molecule has 0 radical (unpaired) electrons. The standard InChI is InChI=1S/C17H24N4/c1-13-5-3-4-6-17(13)21-16(7-9-19-21)12-20-10-8-15(11-20)14(2)18/h3-7,9,14-15H,8,10-12,18H2,1-2H3. The number of hydrogen-bond acceptors (Lipinski definition) is 3. The maximum atomic E-state index is 6.03. The Hall–Kier alpha value is -1.65. The largest absolute Gasteiger partial charge is 0.328 e. The van der Waals surface area contributed by atoms with Gasteiger partial charge >= 0.3 is 0 Å². The molecule has 0 amide bonds. The van der Waals surface area contributed by atoms with Crippen LogP contribution in [-0.4, -0.2) is 33.8 Å². The molecular formula is C17H24N4. The van der Waals surface area contributed by atoms with Crippen LogP contribution in [0.2, 0.25) is 0 Å². The molecule has 3 rings (SSSR count). The minimum Gasteiger partial charge on any atom is -0.328 e. The molecule has 2 heterocycles. The van der Waals surface area contributed by atoms with E-state index in [2.05, 4.69) is 58.9 Å². The van der Waals surface area contributed by atoms with Gasteiger partial charge in [0.1, 0.15) is 0 Å². The second kappa shape index (κ2) is 6.00. The molecule has 4 nitrogen and oxygen atoms in total. The first kappa shape index (κ1) is 14.3. The molecule has 1 saturated heterocycles. The van der Waals surface area contributed by atoms with E-state index in [1.807, 2.05) is 6.20 Å². The Labute approximate surface area is 126 Å². The minimum atomic E-state index is 0.288. The Bertz CT molecular complexity index is 602. The predicted molar refractivity (Wildman–Crippen MR) is 85.3 cm³/mol. The van der Waals surface area contributed by atoms with Gasteiger partial charge in [-0.25, -0.2) is 4.68 Å². The van der Waals surface area contributed by atoms with Gasteiger partial charge in [-0.1, -0.05) is 18.2 Å². The summed E-state index contributed by atoms with van der Waals surface area (Å²) in [5, 5.41) is 4.51. The van der Waals surface area contributed by atoms with Crippen molar-refractivity contribution < 1.29 is 0 Å². The molecule has 0 spiro atoms. The smallest absolute Gasteiger partial charge is 0.0678 e. The third kappa shape index (κ3) is 3.01. The van der Waals surface area contributed by atoms with Gasteiger partial charge in [-0.2, -0.15) is 5.10 Å². The van der Waals surface area contributed by atoms with Gasteiger partial charge in [0.2, 0.25) is 0 Å². The van der Waals surface area contributed by atoms with Gasteiger partial charge in [0.05, 0.1) is 11.4 Å². The summed E-state index contributed by atoms with van der Waals surface area (Å²) in [7, 11) is 0. The van der Waals surface area contributed by atoms with Crippen LogP contribution in [0.15, 0.2) is 36.5 Å². The van der Waals surface area contributed by atoms with Gasteiger partial charge in [-0.05, 0) is 50.4 Å². The summed E-state index contributed by atoms with van der Waals surface area (Å²) in [5.41, 5.74) is 9.69. The summed E-state index contributed by atoms with van der Waals surface area (Å²) in [6.45, 7) is 7.41. The molecule has 2 aromatic rings. The van der Waals surface area contributed by atoms with Crippen molar-refractivity contribution in [1.82, 2.24) is 14.7 Å². The summed E-state index contributed by atoms with van der Waals surface area (Å²) >= 11 is 0. The molecule has 0 bridgehead atoms. The molecule has 1 aromatic carbocycles. The zero-order valence-corrected chi connectivity index (χ0v) is 12.9. The van der Waals surface area contributed by atoms with Crippen molar-refractivity contribution in [2.45, 2.75) is 32.9 Å². The fourth-order valence-corrected chi connectivity index (χ4v) is 3.13. The van der Waals surface area contributed by atoms with Crippen molar-refractivity contribution in [3.63, 3.8) is 0 Å². The molecular weight excluding hydrogens is 260 g/mol. The van der Waals surface area contributed by atoms with Gasteiger partial charge < -0.3 is 5.73 Å². The fourth-order valence-electron chi connectivity index (χ4n) is 3.13. The topological polar surface area (TPSA) is 47.1 Å². The molecule has 1 aliphatic rings. The number of likely N-dealkylation sites (tertiary alicyclic amines) is 1. The fraction of sp³-hybridized carbons (Fsp3) is 0.471. The van der Waals surface area contributed by atoms with Crippen LogP contribution in [-0.2, 0) is 6.54 Å². The lowest BCUT2D eigenvalue weighted by Gasteiger charge is -2.19. The number of para-hydroxylation sites is 1. The maximum absolute atomic E-state index is 6.03. The first-order chi connectivity index (χ1) is 10.1. The van der Waals surface area contributed by atoms with Gasteiger partial charge in [0, 0.05) is 25.3 Å². The number of nitrogens with two attached hydrogens (primary N) is 1. The summed E-state index contributed by atoms with van der Waals surface area (Å²) < 4.78 is 2.06. The van der Waals surface area contributed by atoms with Crippen LogP contribution < -0.4 is 5.73 Å². The zero-order valence-electron chi connectivity index (χ0n) is 12.9. The van der Waals surface area contributed by atoms with Crippen molar-refractivity contribution in [3.05, 3.63) is 47.8 Å². The Morgan fingerprint density at radius 3 is 2.86 bits per heavy atom. The van der Waals surface area contributed by atoms with Crippen molar-refractivity contribution in [2.75, 3.05) is 13.1 Å². The van der Waals surface area contributed by atoms with Crippen molar-refractivity contribution in [3.8, 4) is 5.69 Å². The normalized spacial score (nSPS) is 20.8. The molecule has 4 heteroatoms. The lowest BCUT2D eigenvalue weighted by Crippen LogP contribution is -2.30. The highest BCUT2D eigenvalue weighted by molar-refractivity contribution is 5.40. The third-order valence-electron chi connectivity index (χ3n) is 4.50. The van der Waals surface area contributed by atoms with Gasteiger partial charge in [-0.3, -0.25) is 4.90 Å². The lowest BCUT2D eigenvalue weighted by molar-refractivity contribution is 0.302. The van der Waals surface area contributed by atoms with Gasteiger partial charge in [0.25, 0.3) is 0 Å². The minimum absolute atomic E-state index is 0.288. The van der Waals surface area contributed by atoms with Crippen LogP contribution in [0.5, 0.6) is 0 Å². The van der Waals surface area contributed by atoms with E-state index in [4.69, 9.17) is 5.73 Å². The number of nitrogens with zero attached hydrogens (tertiary/aromatic N) is 3. The van der Waals surface area contributed by atoms with E-state index in [1.165, 1.54) is 23.4 Å². The van der Waals surface area contributed by atoms with Gasteiger partial charge in [0.15, 0.2) is 0 Å². The second-order valence-electron chi connectivity index (χ2n) is 6.16. The molecule has 0 saturated carbocycles. The SMILES string of the molecule is Cc1ccccc1-n1nccc1CN1CCC(C(C)N)C1. The average molecular weight is 284 g/mol. The molecule has 1 fully saturated rings. The van der Waals surface area contributed by atoms with E-state index in [0.29, 0.717) is 5.92 Å². The van der Waals surface area contributed by atoms with Crippen LogP contribution >= 0.6 is 0 Å². The highest BCUT2D eigenvalue weighted by Gasteiger charge is 2.25. The molecule has 21 heavy (non-hydrogen) atoms. The van der Waals surface area contributed by atoms with Crippen molar-refractivity contribution >= 4 is 0 Å². The average Bonchev–Trinajstić information content (AvgIpc) is 3.09. The first-order valence-electron chi connectivity index (χ1n) is 7.72. The Kier molecular flexibility index (Phi) is 4.08. The highest BCUT2D eigenvalue weighted by Crippen LogP contribution is 2.22. The van der Waals surface area contributed by atoms with E-state index in [9.17, 15) is 0 Å². The number of rotatable bonds is 4. The van der Waals surface area contributed by atoms with E-state index in [0.717, 1.165) is 19.6 Å². The molecule has 1 aromatic heterocycles. The van der Waals surface area contributed by atoms with E-state index in [1.54, 1.807) is 0 Å². The number of aryl methyl sites for hydroxylation is 1. The van der Waals surface area contributed by atoms with Crippen LogP contribution in [0.1, 0.15) is 24.6 Å². The molecule has 0 aliphatic carbocycles. The summed E-state index contributed by atoms with van der Waals surface area (Å²) in [6.07, 6.45) is 3.09. The lowest BCUT2D eigenvalue weighted by atomic mass is 10.0. The first-order valence-corrected chi connectivity index (χ1v) is 7.72. The molecule has 2 atom stereocenters. The summed E-state index contributed by atoms with van der Waals surface area (Å²) in [6, 6.07) is 10.8. The maximum Gasteiger partial charge on any atom is 0.0678 e. The van der Waals surface area contributed by atoms with Crippen LogP contribution in [0, 0.1) is 12.8 Å². The monoisotopic (exact) mass is 284 g/mol. The second-order valence-corrected chi connectivity index (χ2v) is 6.16. The van der Waals surface area contributed by atoms with E-state index in [-0.39, 0.29) is 6.04 Å². The quantitative estimate of drug-likeness (QED) is 0.937. The highest BCUT2D eigenvalue weighted by atomic mass is 15.3. The van der Waals surface area contributed by atoms with Gasteiger partial charge in [-0.15, -0.1) is 0 Å². The van der Waals surface area contributed by atoms with E-state index >= 15 is 0 Å². The molecule has 1 aliphatic heterocycles. The van der Waals surface area contributed by atoms with Crippen molar-refractivity contribution in [2.24, 2.45) is 11.7 Å². The summed E-state index contributed by atoms with van der Waals surface area (Å²) in [5.74, 6) is 0.625. The van der Waals surface area contributed by atoms with Crippen LogP contribution in [0.4, 0.5) is 0 Å².